The van der Waals surface area contributed by atoms with E-state index in [-0.39, 0.29) is 11.9 Å². The minimum Gasteiger partial charge on any atom is -0.496 e. The molecule has 1 N–H and O–H groups in total. The van der Waals surface area contributed by atoms with E-state index >= 15 is 0 Å². The fourth-order valence-electron chi connectivity index (χ4n) is 2.11. The second kappa shape index (κ2) is 9.72. The molecule has 0 aliphatic heterocycles. The van der Waals surface area contributed by atoms with Gasteiger partial charge in [-0.15, -0.1) is 0 Å². The molecule has 1 atom stereocenters. The van der Waals surface area contributed by atoms with Crippen LogP contribution < -0.4 is 10.1 Å². The van der Waals surface area contributed by atoms with Crippen molar-refractivity contribution in [2.24, 2.45) is 0 Å². The summed E-state index contributed by atoms with van der Waals surface area (Å²) in [5.41, 5.74) is 0.862. The summed E-state index contributed by atoms with van der Waals surface area (Å²) < 4.78 is 24.4. The summed E-state index contributed by atoms with van der Waals surface area (Å²) in [4.78, 5) is 0. The Morgan fingerprint density at radius 1 is 1.20 bits per heavy atom. The Morgan fingerprint density at radius 3 is 2.65 bits per heavy atom. The minimum atomic E-state index is -0.237. The Morgan fingerprint density at radius 2 is 2.00 bits per heavy atom. The van der Waals surface area contributed by atoms with Gasteiger partial charge in [0.15, 0.2) is 0 Å². The standard InChI is InChI=1S/C16H26FNO2/c1-4-9-18-15(8-11-20-10-5-2)14-12-13(17)6-7-16(14)19-3/h6-7,12,15,18H,4-5,8-11H2,1-3H3. The SMILES string of the molecule is CCCNC(CCOCCC)c1cc(F)ccc1OC. The molecule has 0 aromatic heterocycles. The zero-order chi connectivity index (χ0) is 14.8. The Bertz CT molecular complexity index is 385. The van der Waals surface area contributed by atoms with E-state index in [0.29, 0.717) is 6.61 Å². The molecule has 0 amide bonds. The highest BCUT2D eigenvalue weighted by atomic mass is 19.1. The van der Waals surface area contributed by atoms with Gasteiger partial charge in [0.2, 0.25) is 0 Å². The maximum atomic E-state index is 13.5. The average Bonchev–Trinajstić information content (AvgIpc) is 2.46. The lowest BCUT2D eigenvalue weighted by Gasteiger charge is -2.21. The van der Waals surface area contributed by atoms with Crippen LogP contribution in [0.4, 0.5) is 4.39 Å². The molecule has 3 nitrogen and oxygen atoms in total. The highest BCUT2D eigenvalue weighted by Crippen LogP contribution is 2.28. The molecule has 0 fully saturated rings. The zero-order valence-corrected chi connectivity index (χ0v) is 12.7. The number of hydrogen-bond acceptors (Lipinski definition) is 3. The van der Waals surface area contributed by atoms with Crippen LogP contribution in [0.25, 0.3) is 0 Å². The van der Waals surface area contributed by atoms with Gasteiger partial charge in [0.25, 0.3) is 0 Å². The van der Waals surface area contributed by atoms with E-state index in [4.69, 9.17) is 9.47 Å². The van der Waals surface area contributed by atoms with Gasteiger partial charge < -0.3 is 14.8 Å². The summed E-state index contributed by atoms with van der Waals surface area (Å²) in [5, 5.41) is 3.44. The monoisotopic (exact) mass is 283 g/mol. The third-order valence-corrected chi connectivity index (χ3v) is 3.11. The Kier molecular flexibility index (Phi) is 8.23. The highest BCUT2D eigenvalue weighted by molar-refractivity contribution is 5.36. The Hall–Kier alpha value is -1.13. The first-order valence-corrected chi connectivity index (χ1v) is 7.37. The molecular weight excluding hydrogens is 257 g/mol. The zero-order valence-electron chi connectivity index (χ0n) is 12.7. The molecule has 0 aliphatic rings. The third-order valence-electron chi connectivity index (χ3n) is 3.11. The number of nitrogens with one attached hydrogen (secondary N) is 1. The van der Waals surface area contributed by atoms with Crippen molar-refractivity contribution in [2.75, 3.05) is 26.9 Å². The molecule has 1 aromatic rings. The minimum absolute atomic E-state index is 0.0532. The largest absolute Gasteiger partial charge is 0.496 e. The van der Waals surface area contributed by atoms with Crippen LogP contribution in [-0.2, 0) is 4.74 Å². The smallest absolute Gasteiger partial charge is 0.123 e. The van der Waals surface area contributed by atoms with E-state index in [1.54, 1.807) is 19.2 Å². The van der Waals surface area contributed by atoms with Gasteiger partial charge in [0.1, 0.15) is 11.6 Å². The molecule has 0 saturated heterocycles. The van der Waals surface area contributed by atoms with Crippen molar-refractivity contribution >= 4 is 0 Å². The van der Waals surface area contributed by atoms with Crippen molar-refractivity contribution in [3.8, 4) is 5.75 Å². The molecule has 0 aliphatic carbocycles. The van der Waals surface area contributed by atoms with Crippen LogP contribution in [0.2, 0.25) is 0 Å². The fraction of sp³-hybridized carbons (Fsp3) is 0.625. The molecule has 1 unspecified atom stereocenters. The van der Waals surface area contributed by atoms with Gasteiger partial charge >= 0.3 is 0 Å². The number of benzene rings is 1. The van der Waals surface area contributed by atoms with Gasteiger partial charge in [0.05, 0.1) is 7.11 Å². The maximum absolute atomic E-state index is 13.5. The normalized spacial score (nSPS) is 12.4. The first kappa shape index (κ1) is 16.9. The third kappa shape index (κ3) is 5.47. The van der Waals surface area contributed by atoms with Crippen molar-refractivity contribution in [2.45, 2.75) is 39.2 Å². The Balaban J connectivity index is 2.77. The lowest BCUT2D eigenvalue weighted by Crippen LogP contribution is -2.24. The predicted molar refractivity (Wildman–Crippen MR) is 79.7 cm³/mol. The average molecular weight is 283 g/mol. The van der Waals surface area contributed by atoms with Gasteiger partial charge in [-0.1, -0.05) is 13.8 Å². The molecule has 114 valence electrons. The molecule has 20 heavy (non-hydrogen) atoms. The fourth-order valence-corrected chi connectivity index (χ4v) is 2.11. The molecule has 0 bridgehead atoms. The van der Waals surface area contributed by atoms with Crippen LogP contribution in [-0.4, -0.2) is 26.9 Å². The second-order valence-electron chi connectivity index (χ2n) is 4.79. The van der Waals surface area contributed by atoms with Crippen molar-refractivity contribution in [3.63, 3.8) is 0 Å². The summed E-state index contributed by atoms with van der Waals surface area (Å²) in [6, 6.07) is 4.70. The second-order valence-corrected chi connectivity index (χ2v) is 4.79. The number of hydrogen-bond donors (Lipinski definition) is 1. The lowest BCUT2D eigenvalue weighted by molar-refractivity contribution is 0.124. The van der Waals surface area contributed by atoms with Crippen molar-refractivity contribution in [3.05, 3.63) is 29.6 Å². The van der Waals surface area contributed by atoms with Crippen LogP contribution in [0.5, 0.6) is 5.75 Å². The van der Waals surface area contributed by atoms with Crippen LogP contribution >= 0.6 is 0 Å². The molecule has 0 heterocycles. The maximum Gasteiger partial charge on any atom is 0.123 e. The number of ether oxygens (including phenoxy) is 2. The van der Waals surface area contributed by atoms with Gasteiger partial charge in [-0.25, -0.2) is 4.39 Å². The van der Waals surface area contributed by atoms with E-state index in [2.05, 4.69) is 19.2 Å². The quantitative estimate of drug-likeness (QED) is 0.664. The molecule has 0 spiro atoms. The summed E-state index contributed by atoms with van der Waals surface area (Å²) in [5.74, 6) is 0.481. The van der Waals surface area contributed by atoms with Gasteiger partial charge in [-0.2, -0.15) is 0 Å². The molecular formula is C16H26FNO2. The highest BCUT2D eigenvalue weighted by Gasteiger charge is 2.16. The van der Waals surface area contributed by atoms with E-state index in [9.17, 15) is 4.39 Å². The van der Waals surface area contributed by atoms with Crippen molar-refractivity contribution < 1.29 is 13.9 Å². The molecule has 4 heteroatoms. The molecule has 1 aromatic carbocycles. The summed E-state index contributed by atoms with van der Waals surface area (Å²) in [7, 11) is 1.61. The summed E-state index contributed by atoms with van der Waals surface area (Å²) in [6.45, 7) is 6.51. The topological polar surface area (TPSA) is 30.5 Å². The van der Waals surface area contributed by atoms with E-state index in [1.165, 1.54) is 6.07 Å². The number of methoxy groups -OCH3 is 1. The van der Waals surface area contributed by atoms with Crippen LogP contribution in [0.1, 0.15) is 44.7 Å². The van der Waals surface area contributed by atoms with Gasteiger partial charge in [-0.05, 0) is 44.0 Å². The van der Waals surface area contributed by atoms with E-state index in [1.807, 2.05) is 0 Å². The molecule has 0 saturated carbocycles. The van der Waals surface area contributed by atoms with Gasteiger partial charge in [-0.3, -0.25) is 0 Å². The van der Waals surface area contributed by atoms with Crippen LogP contribution in [0.3, 0.4) is 0 Å². The molecule has 0 radical (unpaired) electrons. The van der Waals surface area contributed by atoms with Crippen molar-refractivity contribution in [1.82, 2.24) is 5.32 Å². The van der Waals surface area contributed by atoms with Gasteiger partial charge in [0, 0.05) is 24.8 Å². The Labute approximate surface area is 121 Å². The van der Waals surface area contributed by atoms with Crippen LogP contribution in [0.15, 0.2) is 18.2 Å². The first-order chi connectivity index (χ1) is 9.72. The number of halogens is 1. The lowest BCUT2D eigenvalue weighted by atomic mass is 10.0. The van der Waals surface area contributed by atoms with E-state index in [0.717, 1.165) is 43.7 Å². The number of rotatable bonds is 10. The predicted octanol–water partition coefficient (Wildman–Crippen LogP) is 3.69. The summed E-state index contributed by atoms with van der Waals surface area (Å²) >= 11 is 0. The van der Waals surface area contributed by atoms with Crippen LogP contribution in [0, 0.1) is 5.82 Å². The van der Waals surface area contributed by atoms with Crippen molar-refractivity contribution in [1.29, 1.82) is 0 Å². The molecule has 1 rings (SSSR count). The summed E-state index contributed by atoms with van der Waals surface area (Å²) in [6.07, 6.45) is 2.85. The van der Waals surface area contributed by atoms with E-state index < -0.39 is 0 Å². The first-order valence-electron chi connectivity index (χ1n) is 7.37.